The predicted molar refractivity (Wildman–Crippen MR) is 66.1 cm³/mol. The van der Waals surface area contributed by atoms with E-state index in [1.54, 1.807) is 22.7 Å². The van der Waals surface area contributed by atoms with Crippen molar-refractivity contribution in [1.82, 2.24) is 0 Å². The zero-order valence-electron chi connectivity index (χ0n) is 6.56. The number of thioether (sulfide) groups is 2. The van der Waals surface area contributed by atoms with E-state index in [2.05, 4.69) is 12.2 Å². The van der Waals surface area contributed by atoms with Crippen LogP contribution in [-0.2, 0) is 0 Å². The highest BCUT2D eigenvalue weighted by atomic mass is 32.2. The van der Waals surface area contributed by atoms with Crippen LogP contribution >= 0.6 is 58.4 Å². The molecule has 0 N–H and O–H groups in total. The first-order valence-corrected chi connectivity index (χ1v) is 7.77. The van der Waals surface area contributed by atoms with Crippen molar-refractivity contribution >= 4 is 58.4 Å². The molecule has 0 aromatic carbocycles. The molecule has 0 bridgehead atoms. The van der Waals surface area contributed by atoms with Crippen LogP contribution in [-0.4, -0.2) is 10.5 Å². The van der Waals surface area contributed by atoms with Crippen molar-refractivity contribution in [3.63, 3.8) is 0 Å². The fourth-order valence-corrected chi connectivity index (χ4v) is 8.36. The lowest BCUT2D eigenvalue weighted by Crippen LogP contribution is -2.14. The molecule has 0 nitrogen and oxygen atoms in total. The third kappa shape index (κ3) is 1.55. The van der Waals surface area contributed by atoms with Gasteiger partial charge in [0.2, 0.25) is 0 Å². The molecule has 3 rings (SSSR count). The second-order valence-electron chi connectivity index (χ2n) is 2.93. The summed E-state index contributed by atoms with van der Waals surface area (Å²) >= 11 is 12.8. The molecular formula is C8H6S5. The molecule has 0 amide bonds. The second-order valence-corrected chi connectivity index (χ2v) is 9.11. The molecule has 1 aromatic heterocycles. The minimum absolute atomic E-state index is 0.706. The summed E-state index contributed by atoms with van der Waals surface area (Å²) in [6.45, 7) is 0. The first-order chi connectivity index (χ1) is 6.33. The number of fused-ring (bicyclic) bond motifs is 2. The van der Waals surface area contributed by atoms with Crippen LogP contribution in [0.4, 0.5) is 0 Å². The molecule has 2 aliphatic rings. The monoisotopic (exact) mass is 262 g/mol. The molecule has 2 heterocycles. The van der Waals surface area contributed by atoms with Crippen molar-refractivity contribution < 1.29 is 0 Å². The van der Waals surface area contributed by atoms with Gasteiger partial charge in [-0.3, -0.25) is 0 Å². The van der Waals surface area contributed by atoms with Gasteiger partial charge in [0.05, 0.1) is 8.42 Å². The van der Waals surface area contributed by atoms with E-state index in [1.807, 2.05) is 23.5 Å². The van der Waals surface area contributed by atoms with E-state index in [-0.39, 0.29) is 0 Å². The van der Waals surface area contributed by atoms with Gasteiger partial charge in [-0.1, -0.05) is 24.4 Å². The molecule has 5 heteroatoms. The van der Waals surface area contributed by atoms with Gasteiger partial charge < -0.3 is 0 Å². The summed E-state index contributed by atoms with van der Waals surface area (Å²) in [6, 6.07) is 0. The summed E-state index contributed by atoms with van der Waals surface area (Å²) in [5.74, 6) is 0. The van der Waals surface area contributed by atoms with Crippen LogP contribution in [0.2, 0.25) is 0 Å². The Labute approximate surface area is 98.5 Å². The van der Waals surface area contributed by atoms with Gasteiger partial charge in [0.15, 0.2) is 0 Å². The van der Waals surface area contributed by atoms with Crippen molar-refractivity contribution in [2.75, 3.05) is 0 Å². The Morgan fingerprint density at radius 3 is 2.85 bits per heavy atom. The summed E-state index contributed by atoms with van der Waals surface area (Å²) in [5, 5.41) is 1.48. The van der Waals surface area contributed by atoms with E-state index >= 15 is 0 Å². The number of allylic oxidation sites excluding steroid dienone is 1. The molecule has 1 aliphatic heterocycles. The summed E-state index contributed by atoms with van der Waals surface area (Å²) in [6.07, 6.45) is 5.89. The van der Waals surface area contributed by atoms with Gasteiger partial charge in [-0.05, 0) is 6.42 Å². The molecule has 13 heavy (non-hydrogen) atoms. The molecule has 0 fully saturated rings. The molecule has 68 valence electrons. The largest absolute Gasteiger partial charge is 0.145 e. The molecular weight excluding hydrogens is 256 g/mol. The number of rotatable bonds is 0. The Bertz CT molecular complexity index is 412. The zero-order valence-corrected chi connectivity index (χ0v) is 10.6. The van der Waals surface area contributed by atoms with Crippen LogP contribution in [0.3, 0.4) is 0 Å². The van der Waals surface area contributed by atoms with Gasteiger partial charge in [-0.2, -0.15) is 0 Å². The molecule has 1 aromatic rings. The molecule has 2 atom stereocenters. The van der Waals surface area contributed by atoms with E-state index in [1.165, 1.54) is 14.8 Å². The number of hydrogen-bond acceptors (Lipinski definition) is 5. The topological polar surface area (TPSA) is 0 Å². The summed E-state index contributed by atoms with van der Waals surface area (Å²) < 4.78 is 3.99. The lowest BCUT2D eigenvalue weighted by atomic mass is 10.3. The van der Waals surface area contributed by atoms with Gasteiger partial charge in [0, 0.05) is 10.5 Å². The van der Waals surface area contributed by atoms with E-state index in [9.17, 15) is 0 Å². The van der Waals surface area contributed by atoms with E-state index < -0.39 is 0 Å². The standard InChI is InChI=1S/C8H6S5/c9-8-12-6-7(13-8)11-5-3-1-2-4(5)10-6/h1-2,4-5H,3H2/t4-,5+/m0/s1. The van der Waals surface area contributed by atoms with Gasteiger partial charge in [-0.15, -0.1) is 46.2 Å². The average molecular weight is 262 g/mol. The fraction of sp³-hybridized carbons (Fsp3) is 0.375. The lowest BCUT2D eigenvalue weighted by Gasteiger charge is -2.22. The minimum atomic E-state index is 0.706. The molecule has 1 aliphatic carbocycles. The first kappa shape index (κ1) is 8.97. The van der Waals surface area contributed by atoms with Crippen molar-refractivity contribution in [1.29, 1.82) is 0 Å². The SMILES string of the molecule is S=c1sc2c(s1)S[C@@H]1CC=C[C@@H]1S2. The predicted octanol–water partition coefficient (Wildman–Crippen LogP) is 4.43. The molecule has 0 saturated heterocycles. The maximum absolute atomic E-state index is 5.20. The lowest BCUT2D eigenvalue weighted by molar-refractivity contribution is 0.958. The highest BCUT2D eigenvalue weighted by Crippen LogP contribution is 2.53. The van der Waals surface area contributed by atoms with Gasteiger partial charge in [0.1, 0.15) is 3.14 Å². The highest BCUT2D eigenvalue weighted by Gasteiger charge is 2.32. The van der Waals surface area contributed by atoms with Crippen LogP contribution in [0.1, 0.15) is 6.42 Å². The molecule has 0 saturated carbocycles. The highest BCUT2D eigenvalue weighted by molar-refractivity contribution is 8.09. The number of hydrogen-bond donors (Lipinski definition) is 0. The Kier molecular flexibility index (Phi) is 2.33. The summed E-state index contributed by atoms with van der Waals surface area (Å²) in [4.78, 5) is 0. The van der Waals surface area contributed by atoms with E-state index in [0.29, 0.717) is 5.25 Å². The molecule has 0 unspecified atom stereocenters. The zero-order chi connectivity index (χ0) is 8.84. The van der Waals surface area contributed by atoms with Crippen molar-refractivity contribution in [2.24, 2.45) is 0 Å². The van der Waals surface area contributed by atoms with Crippen LogP contribution in [0.15, 0.2) is 20.6 Å². The maximum atomic E-state index is 5.20. The fourth-order valence-electron chi connectivity index (χ4n) is 1.50. The summed E-state index contributed by atoms with van der Waals surface area (Å²) in [7, 11) is 0. The third-order valence-electron chi connectivity index (χ3n) is 2.08. The minimum Gasteiger partial charge on any atom is -0.108 e. The Morgan fingerprint density at radius 1 is 1.23 bits per heavy atom. The summed E-state index contributed by atoms with van der Waals surface area (Å²) in [5.41, 5.74) is 0. The first-order valence-electron chi connectivity index (χ1n) is 3.97. The van der Waals surface area contributed by atoms with Crippen LogP contribution in [0, 0.1) is 3.14 Å². The second kappa shape index (κ2) is 3.38. The third-order valence-corrected chi connectivity index (χ3v) is 8.34. The van der Waals surface area contributed by atoms with Crippen LogP contribution in [0.25, 0.3) is 0 Å². The van der Waals surface area contributed by atoms with Crippen LogP contribution in [0.5, 0.6) is 0 Å². The Hall–Kier alpha value is 0.710. The van der Waals surface area contributed by atoms with Crippen molar-refractivity contribution in [3.05, 3.63) is 15.3 Å². The van der Waals surface area contributed by atoms with Gasteiger partial charge >= 0.3 is 0 Å². The smallest absolute Gasteiger partial charge is 0.108 e. The van der Waals surface area contributed by atoms with Crippen molar-refractivity contribution in [2.45, 2.75) is 25.3 Å². The molecule has 0 spiro atoms. The van der Waals surface area contributed by atoms with Crippen molar-refractivity contribution in [3.8, 4) is 0 Å². The normalized spacial score (nSPS) is 30.2. The maximum Gasteiger partial charge on any atom is 0.145 e. The van der Waals surface area contributed by atoms with Gasteiger partial charge in [0.25, 0.3) is 0 Å². The quantitative estimate of drug-likeness (QED) is 0.501. The Balaban J connectivity index is 2.03. The van der Waals surface area contributed by atoms with E-state index in [4.69, 9.17) is 12.2 Å². The van der Waals surface area contributed by atoms with E-state index in [0.717, 1.165) is 8.39 Å². The van der Waals surface area contributed by atoms with Gasteiger partial charge in [-0.25, -0.2) is 0 Å². The average Bonchev–Trinajstić information content (AvgIpc) is 2.63. The Morgan fingerprint density at radius 2 is 2.00 bits per heavy atom. The molecule has 0 radical (unpaired) electrons. The van der Waals surface area contributed by atoms with Crippen LogP contribution < -0.4 is 0 Å².